The van der Waals surface area contributed by atoms with Gasteiger partial charge in [0.1, 0.15) is 5.75 Å². The van der Waals surface area contributed by atoms with Gasteiger partial charge in [-0.1, -0.05) is 36.4 Å². The highest BCUT2D eigenvalue weighted by atomic mass is 79.9. The molecule has 0 bridgehead atoms. The number of hydrogen-bond donors (Lipinski definition) is 1. The predicted octanol–water partition coefficient (Wildman–Crippen LogP) is 4.18. The zero-order chi connectivity index (χ0) is 13.0. The zero-order valence-electron chi connectivity index (χ0n) is 10.2. The van der Waals surface area contributed by atoms with E-state index in [2.05, 4.69) is 15.9 Å². The molecule has 0 atom stereocenters. The molecule has 0 saturated carbocycles. The Bertz CT molecular complexity index is 524. The first kappa shape index (κ1) is 13.1. The van der Waals surface area contributed by atoms with Crippen molar-refractivity contribution in [1.82, 2.24) is 0 Å². The first-order valence-electron chi connectivity index (χ1n) is 5.77. The molecule has 0 aliphatic rings. The Hall–Kier alpha value is -1.32. The van der Waals surface area contributed by atoms with Crippen LogP contribution in [-0.4, -0.2) is 5.11 Å². The summed E-state index contributed by atoms with van der Waals surface area (Å²) in [6.45, 7) is 3.06. The van der Waals surface area contributed by atoms with Crippen molar-refractivity contribution in [3.05, 3.63) is 63.6 Å². The Labute approximate surface area is 115 Å². The average Bonchev–Trinajstić information content (AvgIpc) is 2.39. The van der Waals surface area contributed by atoms with Crippen molar-refractivity contribution in [1.29, 1.82) is 0 Å². The van der Waals surface area contributed by atoms with Gasteiger partial charge in [-0.25, -0.2) is 0 Å². The largest absolute Gasteiger partial charge is 0.507 e. The molecule has 0 fully saturated rings. The highest BCUT2D eigenvalue weighted by Gasteiger charge is 2.08. The van der Waals surface area contributed by atoms with Crippen LogP contribution in [0.3, 0.4) is 0 Å². The van der Waals surface area contributed by atoms with Gasteiger partial charge in [-0.3, -0.25) is 0 Å². The monoisotopic (exact) mass is 306 g/mol. The van der Waals surface area contributed by atoms with Gasteiger partial charge in [0.25, 0.3) is 0 Å². The summed E-state index contributed by atoms with van der Waals surface area (Å²) >= 11 is 3.39. The number of phenols is 1. The van der Waals surface area contributed by atoms with Crippen molar-refractivity contribution >= 4 is 15.9 Å². The van der Waals surface area contributed by atoms with E-state index < -0.39 is 0 Å². The van der Waals surface area contributed by atoms with E-state index in [0.717, 1.165) is 21.2 Å². The van der Waals surface area contributed by atoms with Crippen molar-refractivity contribution in [3.8, 4) is 5.75 Å². The van der Waals surface area contributed by atoms with Crippen LogP contribution >= 0.6 is 15.9 Å². The van der Waals surface area contributed by atoms with Crippen molar-refractivity contribution in [2.75, 3.05) is 0 Å². The van der Waals surface area contributed by atoms with Crippen LogP contribution < -0.4 is 0 Å². The lowest BCUT2D eigenvalue weighted by atomic mass is 10.1. The lowest BCUT2D eigenvalue weighted by molar-refractivity contribution is 0.106. The summed E-state index contributed by atoms with van der Waals surface area (Å²) in [5, 5.41) is 9.64. The van der Waals surface area contributed by atoms with Crippen LogP contribution in [0, 0.1) is 6.92 Å². The third-order valence-corrected chi connectivity index (χ3v) is 3.70. The van der Waals surface area contributed by atoms with E-state index >= 15 is 0 Å². The van der Waals surface area contributed by atoms with E-state index in [1.165, 1.54) is 0 Å². The number of rotatable bonds is 4. The minimum absolute atomic E-state index is 0.249. The summed E-state index contributed by atoms with van der Waals surface area (Å²) in [6, 6.07) is 13.6. The van der Waals surface area contributed by atoms with Gasteiger partial charge in [0.2, 0.25) is 0 Å². The standard InChI is InChI=1S/C15H15BrO2/c1-11-7-8-14(17)15(16)13(11)10-18-9-12-5-3-2-4-6-12/h2-8,17H,9-10H2,1H3. The molecule has 18 heavy (non-hydrogen) atoms. The summed E-state index contributed by atoms with van der Waals surface area (Å²) in [6.07, 6.45) is 0. The fourth-order valence-corrected chi connectivity index (χ4v) is 2.29. The van der Waals surface area contributed by atoms with Crippen LogP contribution in [-0.2, 0) is 18.0 Å². The van der Waals surface area contributed by atoms with Gasteiger partial charge in [-0.15, -0.1) is 0 Å². The number of hydrogen-bond acceptors (Lipinski definition) is 2. The Kier molecular flexibility index (Phi) is 4.39. The molecule has 0 amide bonds. The summed E-state index contributed by atoms with van der Waals surface area (Å²) in [5.74, 6) is 0.249. The van der Waals surface area contributed by atoms with Gasteiger partial charge >= 0.3 is 0 Å². The molecule has 0 spiro atoms. The minimum Gasteiger partial charge on any atom is -0.507 e. The number of benzene rings is 2. The van der Waals surface area contributed by atoms with Gasteiger partial charge in [0, 0.05) is 0 Å². The van der Waals surface area contributed by atoms with Crippen molar-refractivity contribution in [2.24, 2.45) is 0 Å². The van der Waals surface area contributed by atoms with Gasteiger partial charge in [-0.05, 0) is 45.6 Å². The maximum Gasteiger partial charge on any atom is 0.130 e. The van der Waals surface area contributed by atoms with Crippen LogP contribution in [0.5, 0.6) is 5.75 Å². The molecular formula is C15H15BrO2. The van der Waals surface area contributed by atoms with Crippen molar-refractivity contribution in [3.63, 3.8) is 0 Å². The molecule has 0 heterocycles. The average molecular weight is 307 g/mol. The molecule has 2 nitrogen and oxygen atoms in total. The van der Waals surface area contributed by atoms with E-state index in [9.17, 15) is 5.11 Å². The maximum absolute atomic E-state index is 9.64. The highest BCUT2D eigenvalue weighted by molar-refractivity contribution is 9.10. The zero-order valence-corrected chi connectivity index (χ0v) is 11.8. The molecule has 1 N–H and O–H groups in total. The quantitative estimate of drug-likeness (QED) is 0.918. The maximum atomic E-state index is 9.64. The van der Waals surface area contributed by atoms with E-state index in [-0.39, 0.29) is 5.75 Å². The SMILES string of the molecule is Cc1ccc(O)c(Br)c1COCc1ccccc1. The molecule has 94 valence electrons. The van der Waals surface area contributed by atoms with E-state index in [1.54, 1.807) is 6.07 Å². The van der Waals surface area contributed by atoms with Gasteiger partial charge < -0.3 is 9.84 Å². The Balaban J connectivity index is 2.01. The first-order chi connectivity index (χ1) is 8.68. The number of aryl methyl sites for hydroxylation is 1. The molecule has 0 aliphatic heterocycles. The third-order valence-electron chi connectivity index (χ3n) is 2.81. The third kappa shape index (κ3) is 3.12. The van der Waals surface area contributed by atoms with Gasteiger partial charge in [-0.2, -0.15) is 0 Å². The smallest absolute Gasteiger partial charge is 0.130 e. The van der Waals surface area contributed by atoms with E-state index in [1.807, 2.05) is 43.3 Å². The number of phenolic OH excluding ortho intramolecular Hbond substituents is 1. The van der Waals surface area contributed by atoms with E-state index in [0.29, 0.717) is 13.2 Å². The summed E-state index contributed by atoms with van der Waals surface area (Å²) in [5.41, 5.74) is 3.24. The number of ether oxygens (including phenoxy) is 1. The molecule has 0 unspecified atom stereocenters. The van der Waals surface area contributed by atoms with Crippen LogP contribution in [0.2, 0.25) is 0 Å². The lowest BCUT2D eigenvalue weighted by Gasteiger charge is -2.10. The molecule has 0 saturated heterocycles. The Morgan fingerprint density at radius 1 is 1.06 bits per heavy atom. The van der Waals surface area contributed by atoms with Crippen molar-refractivity contribution < 1.29 is 9.84 Å². The van der Waals surface area contributed by atoms with Gasteiger partial charge in [0.15, 0.2) is 0 Å². The highest BCUT2D eigenvalue weighted by Crippen LogP contribution is 2.30. The van der Waals surface area contributed by atoms with Gasteiger partial charge in [0.05, 0.1) is 17.7 Å². The molecule has 0 radical (unpaired) electrons. The normalized spacial score (nSPS) is 10.6. The Morgan fingerprint density at radius 2 is 1.78 bits per heavy atom. The fraction of sp³-hybridized carbons (Fsp3) is 0.200. The van der Waals surface area contributed by atoms with Crippen LogP contribution in [0.4, 0.5) is 0 Å². The fourth-order valence-electron chi connectivity index (χ4n) is 1.73. The second-order valence-electron chi connectivity index (χ2n) is 4.17. The van der Waals surface area contributed by atoms with Crippen molar-refractivity contribution in [2.45, 2.75) is 20.1 Å². The van der Waals surface area contributed by atoms with Crippen LogP contribution in [0.15, 0.2) is 46.9 Å². The van der Waals surface area contributed by atoms with Crippen LogP contribution in [0.1, 0.15) is 16.7 Å². The molecular weight excluding hydrogens is 292 g/mol. The minimum atomic E-state index is 0.249. The molecule has 2 aromatic rings. The predicted molar refractivity (Wildman–Crippen MR) is 75.5 cm³/mol. The molecule has 2 aromatic carbocycles. The second-order valence-corrected chi connectivity index (χ2v) is 4.97. The second kappa shape index (κ2) is 6.03. The summed E-state index contributed by atoms with van der Waals surface area (Å²) < 4.78 is 6.40. The molecule has 0 aliphatic carbocycles. The van der Waals surface area contributed by atoms with Crippen LogP contribution in [0.25, 0.3) is 0 Å². The summed E-state index contributed by atoms with van der Waals surface area (Å²) in [7, 11) is 0. The summed E-state index contributed by atoms with van der Waals surface area (Å²) in [4.78, 5) is 0. The lowest BCUT2D eigenvalue weighted by Crippen LogP contribution is -1.97. The molecule has 2 rings (SSSR count). The first-order valence-corrected chi connectivity index (χ1v) is 6.56. The topological polar surface area (TPSA) is 29.5 Å². The Morgan fingerprint density at radius 3 is 2.50 bits per heavy atom. The number of aromatic hydroxyl groups is 1. The molecule has 0 aromatic heterocycles. The molecule has 3 heteroatoms. The van der Waals surface area contributed by atoms with E-state index in [4.69, 9.17) is 4.74 Å². The number of halogens is 1.